The number of ether oxygens (including phenoxy) is 1. The molecule has 2 N–H and O–H groups in total. The fourth-order valence-electron chi connectivity index (χ4n) is 1.32. The monoisotopic (exact) mass is 279 g/mol. The van der Waals surface area contributed by atoms with Gasteiger partial charge in [-0.2, -0.15) is 5.10 Å². The number of methoxy groups -OCH3 is 1. The first-order valence-corrected chi connectivity index (χ1v) is 5.42. The van der Waals surface area contributed by atoms with E-state index in [0.29, 0.717) is 23.3 Å². The molecular formula is C9H15BrFN3O. The predicted octanol–water partition coefficient (Wildman–Crippen LogP) is 1.44. The van der Waals surface area contributed by atoms with Crippen molar-refractivity contribution in [2.45, 2.75) is 19.1 Å². The van der Waals surface area contributed by atoms with Crippen LogP contribution >= 0.6 is 15.9 Å². The van der Waals surface area contributed by atoms with Crippen molar-refractivity contribution in [1.29, 1.82) is 0 Å². The van der Waals surface area contributed by atoms with E-state index in [1.165, 1.54) is 6.92 Å². The van der Waals surface area contributed by atoms with Gasteiger partial charge in [0.05, 0.1) is 29.5 Å². The molecule has 1 aromatic heterocycles. The molecule has 0 saturated heterocycles. The van der Waals surface area contributed by atoms with Crippen LogP contribution in [0.15, 0.2) is 10.7 Å². The summed E-state index contributed by atoms with van der Waals surface area (Å²) >= 11 is 3.27. The van der Waals surface area contributed by atoms with Crippen LogP contribution in [0.1, 0.15) is 12.6 Å². The molecule has 0 saturated carbocycles. The zero-order valence-electron chi connectivity index (χ0n) is 8.83. The lowest BCUT2D eigenvalue weighted by atomic mass is 10.1. The molecule has 1 aromatic rings. The van der Waals surface area contributed by atoms with E-state index in [9.17, 15) is 4.39 Å². The van der Waals surface area contributed by atoms with E-state index in [4.69, 9.17) is 10.5 Å². The van der Waals surface area contributed by atoms with Crippen molar-refractivity contribution in [3.63, 3.8) is 0 Å². The van der Waals surface area contributed by atoms with Crippen LogP contribution in [-0.4, -0.2) is 30.0 Å². The molecule has 0 fully saturated rings. The van der Waals surface area contributed by atoms with Crippen LogP contribution in [0.5, 0.6) is 0 Å². The third-order valence-corrected chi connectivity index (χ3v) is 2.76. The minimum absolute atomic E-state index is 0.0791. The Bertz CT molecular complexity index is 327. The van der Waals surface area contributed by atoms with Crippen molar-refractivity contribution in [2.24, 2.45) is 5.73 Å². The van der Waals surface area contributed by atoms with Crippen LogP contribution in [-0.2, 0) is 17.0 Å². The summed E-state index contributed by atoms with van der Waals surface area (Å²) in [6.45, 7) is 2.36. The summed E-state index contributed by atoms with van der Waals surface area (Å²) in [7, 11) is 1.59. The number of aromatic nitrogens is 2. The van der Waals surface area contributed by atoms with Gasteiger partial charge < -0.3 is 10.5 Å². The van der Waals surface area contributed by atoms with Crippen LogP contribution in [0.2, 0.25) is 0 Å². The molecule has 86 valence electrons. The highest BCUT2D eigenvalue weighted by Gasteiger charge is 2.30. The second kappa shape index (κ2) is 5.05. The maximum absolute atomic E-state index is 14.1. The van der Waals surface area contributed by atoms with Crippen molar-refractivity contribution >= 4 is 15.9 Å². The Kier molecular flexibility index (Phi) is 4.24. The Hall–Kier alpha value is -0.460. The normalized spacial score (nSPS) is 15.3. The van der Waals surface area contributed by atoms with Crippen LogP contribution in [0.25, 0.3) is 0 Å². The van der Waals surface area contributed by atoms with E-state index in [2.05, 4.69) is 21.0 Å². The first-order chi connectivity index (χ1) is 7.03. The van der Waals surface area contributed by atoms with E-state index >= 15 is 0 Å². The smallest absolute Gasteiger partial charge is 0.162 e. The average molecular weight is 280 g/mol. The fraction of sp³-hybridized carbons (Fsp3) is 0.667. The Morgan fingerprint density at radius 3 is 2.93 bits per heavy atom. The third kappa shape index (κ3) is 2.76. The predicted molar refractivity (Wildman–Crippen MR) is 59.3 cm³/mol. The van der Waals surface area contributed by atoms with Crippen LogP contribution in [0, 0.1) is 0 Å². The van der Waals surface area contributed by atoms with Gasteiger partial charge in [-0.1, -0.05) is 0 Å². The van der Waals surface area contributed by atoms with E-state index in [-0.39, 0.29) is 6.54 Å². The first-order valence-electron chi connectivity index (χ1n) is 4.62. The number of halogens is 2. The Balaban J connectivity index is 2.98. The molecule has 15 heavy (non-hydrogen) atoms. The summed E-state index contributed by atoms with van der Waals surface area (Å²) in [5.41, 5.74) is 4.28. The molecule has 1 unspecified atom stereocenters. The highest BCUT2D eigenvalue weighted by atomic mass is 79.9. The lowest BCUT2D eigenvalue weighted by Crippen LogP contribution is -2.30. The molecule has 0 spiro atoms. The van der Waals surface area contributed by atoms with Gasteiger partial charge in [-0.3, -0.25) is 4.68 Å². The summed E-state index contributed by atoms with van der Waals surface area (Å²) in [4.78, 5) is 0. The van der Waals surface area contributed by atoms with E-state index in [0.717, 1.165) is 0 Å². The second-order valence-electron chi connectivity index (χ2n) is 3.46. The number of alkyl halides is 1. The summed E-state index contributed by atoms with van der Waals surface area (Å²) in [5, 5.41) is 4.06. The molecule has 6 heteroatoms. The third-order valence-electron chi connectivity index (χ3n) is 2.18. The summed E-state index contributed by atoms with van der Waals surface area (Å²) in [6.07, 6.45) is 1.57. The zero-order valence-corrected chi connectivity index (χ0v) is 10.4. The zero-order chi connectivity index (χ0) is 11.5. The fourth-order valence-corrected chi connectivity index (χ4v) is 2.03. The largest absolute Gasteiger partial charge is 0.383 e. The van der Waals surface area contributed by atoms with E-state index in [1.54, 1.807) is 18.0 Å². The van der Waals surface area contributed by atoms with Gasteiger partial charge >= 0.3 is 0 Å². The van der Waals surface area contributed by atoms with Gasteiger partial charge in [0.25, 0.3) is 0 Å². The van der Waals surface area contributed by atoms with E-state index in [1.807, 2.05) is 0 Å². The molecular weight excluding hydrogens is 265 g/mol. The SMILES string of the molecule is COCCn1ncc(Br)c1C(C)(F)CN. The summed E-state index contributed by atoms with van der Waals surface area (Å²) < 4.78 is 21.2. The minimum atomic E-state index is -1.58. The van der Waals surface area contributed by atoms with Gasteiger partial charge in [0, 0.05) is 13.7 Å². The molecule has 0 aliphatic heterocycles. The van der Waals surface area contributed by atoms with Gasteiger partial charge in [-0.05, 0) is 22.9 Å². The van der Waals surface area contributed by atoms with E-state index < -0.39 is 5.67 Å². The number of hydrogen-bond donors (Lipinski definition) is 1. The molecule has 0 aromatic carbocycles. The minimum Gasteiger partial charge on any atom is -0.383 e. The summed E-state index contributed by atoms with van der Waals surface area (Å²) in [6, 6.07) is 0. The first kappa shape index (κ1) is 12.6. The van der Waals surface area contributed by atoms with Crippen LogP contribution in [0.3, 0.4) is 0 Å². The average Bonchev–Trinajstić information content (AvgIpc) is 2.57. The number of hydrogen-bond acceptors (Lipinski definition) is 3. The van der Waals surface area contributed by atoms with Crippen molar-refractivity contribution in [3.05, 3.63) is 16.4 Å². The Morgan fingerprint density at radius 2 is 2.40 bits per heavy atom. The van der Waals surface area contributed by atoms with Gasteiger partial charge in [0.15, 0.2) is 5.67 Å². The van der Waals surface area contributed by atoms with Gasteiger partial charge in [0.2, 0.25) is 0 Å². The topological polar surface area (TPSA) is 53.1 Å². The standard InChI is InChI=1S/C9H15BrFN3O/c1-9(11,6-12)8-7(10)5-13-14(8)3-4-15-2/h5H,3-4,6,12H2,1-2H3. The van der Waals surface area contributed by atoms with Crippen molar-refractivity contribution < 1.29 is 9.13 Å². The Morgan fingerprint density at radius 1 is 1.73 bits per heavy atom. The quantitative estimate of drug-likeness (QED) is 0.887. The molecule has 0 aliphatic rings. The molecule has 4 nitrogen and oxygen atoms in total. The van der Waals surface area contributed by atoms with Gasteiger partial charge in [-0.25, -0.2) is 4.39 Å². The number of rotatable bonds is 5. The highest BCUT2D eigenvalue weighted by molar-refractivity contribution is 9.10. The number of nitrogens with zero attached hydrogens (tertiary/aromatic N) is 2. The molecule has 0 radical (unpaired) electrons. The second-order valence-corrected chi connectivity index (χ2v) is 4.31. The molecule has 0 bridgehead atoms. The van der Waals surface area contributed by atoms with Crippen molar-refractivity contribution in [2.75, 3.05) is 20.3 Å². The van der Waals surface area contributed by atoms with Crippen molar-refractivity contribution in [1.82, 2.24) is 9.78 Å². The molecule has 1 rings (SSSR count). The number of nitrogens with two attached hydrogens (primary N) is 1. The Labute approximate surface area is 96.7 Å². The van der Waals surface area contributed by atoms with Gasteiger partial charge in [-0.15, -0.1) is 0 Å². The molecule has 1 atom stereocenters. The lowest BCUT2D eigenvalue weighted by molar-refractivity contribution is 0.160. The maximum atomic E-state index is 14.1. The molecule has 0 amide bonds. The van der Waals surface area contributed by atoms with Crippen LogP contribution in [0.4, 0.5) is 4.39 Å². The molecule has 0 aliphatic carbocycles. The van der Waals surface area contributed by atoms with Crippen molar-refractivity contribution in [3.8, 4) is 0 Å². The molecule has 1 heterocycles. The lowest BCUT2D eigenvalue weighted by Gasteiger charge is -2.20. The summed E-state index contributed by atoms with van der Waals surface area (Å²) in [5.74, 6) is 0. The van der Waals surface area contributed by atoms with Crippen LogP contribution < -0.4 is 5.73 Å². The maximum Gasteiger partial charge on any atom is 0.162 e. The van der Waals surface area contributed by atoms with Gasteiger partial charge in [0.1, 0.15) is 0 Å². The highest BCUT2D eigenvalue weighted by Crippen LogP contribution is 2.30.